The van der Waals surface area contributed by atoms with Gasteiger partial charge in [-0.05, 0) is 36.4 Å². The molecule has 0 saturated heterocycles. The van der Waals surface area contributed by atoms with Crippen LogP contribution in [0.4, 0.5) is 5.69 Å². The van der Waals surface area contributed by atoms with E-state index in [4.69, 9.17) is 24.7 Å². The van der Waals surface area contributed by atoms with Gasteiger partial charge in [0.15, 0.2) is 17.2 Å². The number of aromatic nitrogens is 1. The number of nitrogens with zero attached hydrogens (tertiary/aromatic N) is 2. The van der Waals surface area contributed by atoms with Gasteiger partial charge < -0.3 is 29.2 Å². The van der Waals surface area contributed by atoms with Crippen molar-refractivity contribution in [2.75, 3.05) is 19.6 Å². The molecule has 2 aromatic carbocycles. The van der Waals surface area contributed by atoms with Crippen molar-refractivity contribution in [3.8, 4) is 34.8 Å². The average Bonchev–Trinajstić information content (AvgIpc) is 3.31. The van der Waals surface area contributed by atoms with E-state index in [1.54, 1.807) is 42.5 Å². The normalized spacial score (nSPS) is 11.7. The van der Waals surface area contributed by atoms with E-state index in [0.29, 0.717) is 28.7 Å². The zero-order valence-electron chi connectivity index (χ0n) is 14.8. The van der Waals surface area contributed by atoms with Gasteiger partial charge in [0.25, 0.3) is 0 Å². The summed E-state index contributed by atoms with van der Waals surface area (Å²) < 4.78 is 22.7. The molecule has 8 heteroatoms. The molecule has 0 radical (unpaired) electrons. The Hall–Kier alpha value is -4.12. The van der Waals surface area contributed by atoms with E-state index < -0.39 is 5.97 Å². The van der Waals surface area contributed by atoms with Crippen LogP contribution in [0.25, 0.3) is 5.69 Å². The number of methoxy groups -OCH3 is 1. The van der Waals surface area contributed by atoms with Gasteiger partial charge in [0.2, 0.25) is 6.79 Å². The van der Waals surface area contributed by atoms with E-state index in [9.17, 15) is 10.1 Å². The first kappa shape index (κ1) is 17.3. The predicted molar refractivity (Wildman–Crippen MR) is 98.9 cm³/mol. The maximum absolute atomic E-state index is 12.1. The van der Waals surface area contributed by atoms with Crippen molar-refractivity contribution in [2.24, 2.45) is 0 Å². The number of nitrogen functional groups attached to an aromatic ring is 1. The number of benzene rings is 2. The van der Waals surface area contributed by atoms with E-state index >= 15 is 0 Å². The first-order chi connectivity index (χ1) is 13.6. The molecule has 0 bridgehead atoms. The highest BCUT2D eigenvalue weighted by Gasteiger charge is 2.21. The van der Waals surface area contributed by atoms with Gasteiger partial charge in [0, 0.05) is 18.0 Å². The van der Waals surface area contributed by atoms with Gasteiger partial charge in [0.05, 0.1) is 18.4 Å². The van der Waals surface area contributed by atoms with Crippen LogP contribution in [-0.2, 0) is 4.74 Å². The van der Waals surface area contributed by atoms with Crippen molar-refractivity contribution >= 4 is 11.7 Å². The number of hydrogen-bond acceptors (Lipinski definition) is 7. The monoisotopic (exact) mass is 377 g/mol. The van der Waals surface area contributed by atoms with Crippen molar-refractivity contribution in [2.45, 2.75) is 0 Å². The van der Waals surface area contributed by atoms with Gasteiger partial charge in [-0.15, -0.1) is 0 Å². The quantitative estimate of drug-likeness (QED) is 0.695. The fourth-order valence-corrected chi connectivity index (χ4v) is 2.87. The van der Waals surface area contributed by atoms with Crippen LogP contribution < -0.4 is 19.9 Å². The number of esters is 1. The molecule has 1 aliphatic heterocycles. The van der Waals surface area contributed by atoms with Crippen LogP contribution in [0.1, 0.15) is 16.1 Å². The summed E-state index contributed by atoms with van der Waals surface area (Å²) in [6, 6.07) is 14.2. The molecule has 140 valence electrons. The number of carbonyl (C=O) groups excluding carboxylic acids is 1. The molecule has 0 unspecified atom stereocenters. The molecular weight excluding hydrogens is 362 g/mol. The zero-order chi connectivity index (χ0) is 19.7. The summed E-state index contributed by atoms with van der Waals surface area (Å²) in [5.74, 6) is 1.87. The second-order valence-electron chi connectivity index (χ2n) is 5.89. The first-order valence-corrected chi connectivity index (χ1v) is 8.28. The Bertz CT molecular complexity index is 1100. The molecule has 0 spiro atoms. The molecule has 0 atom stereocenters. The summed E-state index contributed by atoms with van der Waals surface area (Å²) in [6.45, 7) is 0.195. The third kappa shape index (κ3) is 2.95. The molecule has 28 heavy (non-hydrogen) atoms. The largest absolute Gasteiger partial charge is 0.464 e. The zero-order valence-corrected chi connectivity index (χ0v) is 14.8. The van der Waals surface area contributed by atoms with Gasteiger partial charge in [-0.3, -0.25) is 0 Å². The van der Waals surface area contributed by atoms with E-state index in [-0.39, 0.29) is 23.7 Å². The van der Waals surface area contributed by atoms with Crippen LogP contribution in [-0.4, -0.2) is 24.4 Å². The highest BCUT2D eigenvalue weighted by molar-refractivity contribution is 5.95. The number of anilines is 1. The number of ether oxygens (including phenoxy) is 4. The van der Waals surface area contributed by atoms with E-state index in [0.717, 1.165) is 0 Å². The molecule has 3 aromatic rings. The van der Waals surface area contributed by atoms with Gasteiger partial charge in [-0.1, -0.05) is 0 Å². The predicted octanol–water partition coefficient (Wildman–Crippen LogP) is 3.24. The smallest absolute Gasteiger partial charge is 0.357 e. The van der Waals surface area contributed by atoms with E-state index in [2.05, 4.69) is 0 Å². The summed E-state index contributed by atoms with van der Waals surface area (Å²) in [5, 5.41) is 9.20. The number of fused-ring (bicyclic) bond motifs is 1. The highest BCUT2D eigenvalue weighted by Crippen LogP contribution is 2.36. The topological polar surface area (TPSA) is 109 Å². The van der Waals surface area contributed by atoms with Crippen LogP contribution in [0.3, 0.4) is 0 Å². The molecule has 0 amide bonds. The lowest BCUT2D eigenvalue weighted by atomic mass is 10.2. The third-order valence-corrected chi connectivity index (χ3v) is 4.24. The molecule has 2 N–H and O–H groups in total. The van der Waals surface area contributed by atoms with Crippen LogP contribution in [0.15, 0.2) is 48.7 Å². The maximum Gasteiger partial charge on any atom is 0.357 e. The Kier molecular flexibility index (Phi) is 4.26. The molecular formula is C20H15N3O5. The Labute approximate surface area is 160 Å². The Morgan fingerprint density at radius 2 is 1.86 bits per heavy atom. The second kappa shape index (κ2) is 6.89. The van der Waals surface area contributed by atoms with Gasteiger partial charge in [-0.2, -0.15) is 5.26 Å². The molecule has 1 aliphatic rings. The minimum atomic E-state index is -0.625. The van der Waals surface area contributed by atoms with Crippen molar-refractivity contribution in [1.82, 2.24) is 4.57 Å². The SMILES string of the molecule is COC(=O)c1c(N)c(C#N)cn1-c1ccc(Oc2ccc3c(c2)OCO3)cc1. The minimum Gasteiger partial charge on any atom is -0.464 e. The Morgan fingerprint density at radius 3 is 2.57 bits per heavy atom. The highest BCUT2D eigenvalue weighted by atomic mass is 16.7. The minimum absolute atomic E-state index is 0.0787. The number of nitriles is 1. The molecule has 0 fully saturated rings. The van der Waals surface area contributed by atoms with Crippen molar-refractivity contribution in [3.63, 3.8) is 0 Å². The summed E-state index contributed by atoms with van der Waals surface area (Å²) in [7, 11) is 1.26. The lowest BCUT2D eigenvalue weighted by molar-refractivity contribution is 0.0593. The lowest BCUT2D eigenvalue weighted by Gasteiger charge is -2.10. The molecule has 2 heterocycles. The molecule has 8 nitrogen and oxygen atoms in total. The number of nitrogens with two attached hydrogens (primary N) is 1. The van der Waals surface area contributed by atoms with Gasteiger partial charge in [-0.25, -0.2) is 4.79 Å². The van der Waals surface area contributed by atoms with Crippen LogP contribution >= 0.6 is 0 Å². The van der Waals surface area contributed by atoms with Crippen LogP contribution in [0.5, 0.6) is 23.0 Å². The third-order valence-electron chi connectivity index (χ3n) is 4.24. The maximum atomic E-state index is 12.1. The average molecular weight is 377 g/mol. The Balaban J connectivity index is 1.62. The lowest BCUT2D eigenvalue weighted by Crippen LogP contribution is -2.11. The first-order valence-electron chi connectivity index (χ1n) is 8.28. The number of hydrogen-bond donors (Lipinski definition) is 1. The van der Waals surface area contributed by atoms with Crippen LogP contribution in [0.2, 0.25) is 0 Å². The summed E-state index contributed by atoms with van der Waals surface area (Å²) in [5.41, 5.74) is 6.92. The molecule has 0 aliphatic carbocycles. The molecule has 1 aromatic heterocycles. The van der Waals surface area contributed by atoms with Gasteiger partial charge in [0.1, 0.15) is 17.6 Å². The second-order valence-corrected chi connectivity index (χ2v) is 5.89. The molecule has 4 rings (SSSR count). The standard InChI is InChI=1S/C20H15N3O5/c1-25-20(24)19-18(22)12(9-21)10-23(19)13-2-4-14(5-3-13)28-15-6-7-16-17(8-15)27-11-26-16/h2-8,10H,11,22H2,1H3. The number of rotatable bonds is 4. The summed E-state index contributed by atoms with van der Waals surface area (Å²) >= 11 is 0. The summed E-state index contributed by atoms with van der Waals surface area (Å²) in [4.78, 5) is 12.1. The van der Waals surface area contributed by atoms with E-state index in [1.165, 1.54) is 17.9 Å². The molecule has 0 saturated carbocycles. The Morgan fingerprint density at radius 1 is 1.14 bits per heavy atom. The van der Waals surface area contributed by atoms with Crippen molar-refractivity contribution in [1.29, 1.82) is 5.26 Å². The fraction of sp³-hybridized carbons (Fsp3) is 0.100. The van der Waals surface area contributed by atoms with Gasteiger partial charge >= 0.3 is 5.97 Å². The summed E-state index contributed by atoms with van der Waals surface area (Å²) in [6.07, 6.45) is 1.50. The fourth-order valence-electron chi connectivity index (χ4n) is 2.87. The van der Waals surface area contributed by atoms with Crippen molar-refractivity contribution in [3.05, 3.63) is 59.9 Å². The van der Waals surface area contributed by atoms with Crippen LogP contribution in [0, 0.1) is 11.3 Å². The van der Waals surface area contributed by atoms with Crippen molar-refractivity contribution < 1.29 is 23.7 Å². The van der Waals surface area contributed by atoms with E-state index in [1.807, 2.05) is 6.07 Å². The number of carbonyl (C=O) groups is 1.